The number of carbonyl (C=O) groups is 2. The number of amides is 1. The highest BCUT2D eigenvalue weighted by molar-refractivity contribution is 7.99. The molecule has 1 heterocycles. The first-order chi connectivity index (χ1) is 10.0. The van der Waals surface area contributed by atoms with E-state index >= 15 is 0 Å². The van der Waals surface area contributed by atoms with Crippen LogP contribution >= 0.6 is 11.8 Å². The van der Waals surface area contributed by atoms with Gasteiger partial charge >= 0.3 is 5.97 Å². The third-order valence-corrected chi connectivity index (χ3v) is 4.85. The Labute approximate surface area is 131 Å². The molecule has 2 atom stereocenters. The number of carboxylic acid groups (broad SMARTS) is 1. The summed E-state index contributed by atoms with van der Waals surface area (Å²) in [6.07, 6.45) is 4.65. The maximum absolute atomic E-state index is 12.1. The molecule has 0 bridgehead atoms. The van der Waals surface area contributed by atoms with Crippen LogP contribution in [0, 0.1) is 0 Å². The first-order valence-electron chi connectivity index (χ1n) is 7.85. The van der Waals surface area contributed by atoms with Gasteiger partial charge in [0.2, 0.25) is 5.91 Å². The number of hydrogen-bond donors (Lipinski definition) is 2. The summed E-state index contributed by atoms with van der Waals surface area (Å²) >= 11 is 1.77. The van der Waals surface area contributed by atoms with Crippen LogP contribution < -0.4 is 5.32 Å². The van der Waals surface area contributed by atoms with Gasteiger partial charge in [-0.25, -0.2) is 0 Å². The van der Waals surface area contributed by atoms with Crippen LogP contribution in [0.3, 0.4) is 0 Å². The van der Waals surface area contributed by atoms with Crippen LogP contribution in [0.5, 0.6) is 0 Å². The predicted octanol–water partition coefficient (Wildman–Crippen LogP) is 1.96. The van der Waals surface area contributed by atoms with Crippen molar-refractivity contribution in [3.05, 3.63) is 0 Å². The zero-order chi connectivity index (χ0) is 15.7. The van der Waals surface area contributed by atoms with Gasteiger partial charge in [0, 0.05) is 30.1 Å². The van der Waals surface area contributed by atoms with E-state index in [2.05, 4.69) is 12.2 Å². The molecule has 1 aliphatic rings. The number of thioether (sulfide) groups is 1. The Balaban J connectivity index is 2.35. The SMILES string of the molecule is CCCCCC(C)NC(=O)CN1CCSCC1CC(=O)O. The highest BCUT2D eigenvalue weighted by Gasteiger charge is 2.26. The standard InChI is InChI=1S/C15H28N2O3S/c1-3-4-5-6-12(2)16-14(18)10-17-7-8-21-11-13(17)9-15(19)20/h12-13H,3-11H2,1-2H3,(H,16,18)(H,19,20). The normalized spacial score (nSPS) is 21.0. The lowest BCUT2D eigenvalue weighted by Gasteiger charge is -2.34. The molecule has 2 N–H and O–H groups in total. The van der Waals surface area contributed by atoms with Gasteiger partial charge in [-0.05, 0) is 13.3 Å². The molecule has 0 saturated carbocycles. The molecule has 1 saturated heterocycles. The van der Waals surface area contributed by atoms with E-state index < -0.39 is 5.97 Å². The summed E-state index contributed by atoms with van der Waals surface area (Å²) in [5.74, 6) is 0.989. The minimum Gasteiger partial charge on any atom is -0.481 e. The van der Waals surface area contributed by atoms with Crippen LogP contribution in [0.25, 0.3) is 0 Å². The molecule has 0 aromatic heterocycles. The van der Waals surface area contributed by atoms with Gasteiger partial charge in [-0.3, -0.25) is 14.5 Å². The van der Waals surface area contributed by atoms with Crippen LogP contribution in [0.2, 0.25) is 0 Å². The lowest BCUT2D eigenvalue weighted by molar-refractivity contribution is -0.138. The van der Waals surface area contributed by atoms with Crippen molar-refractivity contribution in [2.24, 2.45) is 0 Å². The van der Waals surface area contributed by atoms with Gasteiger partial charge < -0.3 is 10.4 Å². The number of hydrogen-bond acceptors (Lipinski definition) is 4. The summed E-state index contributed by atoms with van der Waals surface area (Å²) < 4.78 is 0. The molecule has 1 rings (SSSR count). The second-order valence-corrected chi connectivity index (χ2v) is 6.91. The third-order valence-electron chi connectivity index (χ3n) is 3.75. The topological polar surface area (TPSA) is 69.6 Å². The van der Waals surface area contributed by atoms with Crippen LogP contribution in [-0.4, -0.2) is 58.6 Å². The van der Waals surface area contributed by atoms with Crippen molar-refractivity contribution < 1.29 is 14.7 Å². The van der Waals surface area contributed by atoms with Gasteiger partial charge in [-0.15, -0.1) is 0 Å². The molecule has 0 spiro atoms. The summed E-state index contributed by atoms with van der Waals surface area (Å²) in [5, 5.41) is 12.0. The van der Waals surface area contributed by atoms with Crippen molar-refractivity contribution in [3.8, 4) is 0 Å². The molecule has 0 radical (unpaired) electrons. The van der Waals surface area contributed by atoms with E-state index in [9.17, 15) is 9.59 Å². The van der Waals surface area contributed by atoms with Gasteiger partial charge in [0.05, 0.1) is 13.0 Å². The van der Waals surface area contributed by atoms with E-state index in [0.29, 0.717) is 6.54 Å². The smallest absolute Gasteiger partial charge is 0.304 e. The zero-order valence-electron chi connectivity index (χ0n) is 13.1. The monoisotopic (exact) mass is 316 g/mol. The average Bonchev–Trinajstić information content (AvgIpc) is 2.40. The Hall–Kier alpha value is -0.750. The van der Waals surface area contributed by atoms with Crippen LogP contribution in [-0.2, 0) is 9.59 Å². The molecule has 0 aromatic carbocycles. The number of carbonyl (C=O) groups excluding carboxylic acids is 1. The maximum Gasteiger partial charge on any atom is 0.304 e. The van der Waals surface area contributed by atoms with Crippen molar-refractivity contribution in [1.82, 2.24) is 10.2 Å². The summed E-state index contributed by atoms with van der Waals surface area (Å²) in [6, 6.07) is 0.170. The minimum atomic E-state index is -0.791. The van der Waals surface area contributed by atoms with E-state index in [4.69, 9.17) is 5.11 Å². The van der Waals surface area contributed by atoms with E-state index in [1.165, 1.54) is 12.8 Å². The molecule has 6 heteroatoms. The van der Waals surface area contributed by atoms with Crippen molar-refractivity contribution >= 4 is 23.6 Å². The summed E-state index contributed by atoms with van der Waals surface area (Å²) in [7, 11) is 0. The molecule has 1 fully saturated rings. The largest absolute Gasteiger partial charge is 0.481 e. The molecule has 0 aromatic rings. The Kier molecular flexibility index (Phi) is 8.76. The number of aliphatic carboxylic acids is 1. The van der Waals surface area contributed by atoms with E-state index in [1.807, 2.05) is 11.8 Å². The quantitative estimate of drug-likeness (QED) is 0.636. The number of unbranched alkanes of at least 4 members (excludes halogenated alkanes) is 2. The summed E-state index contributed by atoms with van der Waals surface area (Å²) in [5.41, 5.74) is 0. The fraction of sp³-hybridized carbons (Fsp3) is 0.867. The lowest BCUT2D eigenvalue weighted by Crippen LogP contribution is -2.49. The number of nitrogens with one attached hydrogen (secondary N) is 1. The second-order valence-electron chi connectivity index (χ2n) is 5.76. The first kappa shape index (κ1) is 18.3. The summed E-state index contributed by atoms with van der Waals surface area (Å²) in [4.78, 5) is 25.0. The fourth-order valence-corrected chi connectivity index (χ4v) is 3.70. The van der Waals surface area contributed by atoms with Gasteiger partial charge in [-0.2, -0.15) is 11.8 Å². The minimum absolute atomic E-state index is 0.0151. The van der Waals surface area contributed by atoms with Crippen molar-refractivity contribution in [2.45, 2.75) is 58.0 Å². The highest BCUT2D eigenvalue weighted by Crippen LogP contribution is 2.18. The maximum atomic E-state index is 12.1. The van der Waals surface area contributed by atoms with Crippen LogP contribution in [0.4, 0.5) is 0 Å². The zero-order valence-corrected chi connectivity index (χ0v) is 14.0. The number of nitrogens with zero attached hydrogens (tertiary/aromatic N) is 1. The summed E-state index contributed by atoms with van der Waals surface area (Å²) in [6.45, 7) is 5.31. The molecule has 1 amide bonds. The van der Waals surface area contributed by atoms with Gasteiger partial charge in [0.1, 0.15) is 0 Å². The van der Waals surface area contributed by atoms with Crippen LogP contribution in [0.1, 0.15) is 46.0 Å². The molecular formula is C15H28N2O3S. The van der Waals surface area contributed by atoms with Gasteiger partial charge in [0.15, 0.2) is 0 Å². The molecule has 5 nitrogen and oxygen atoms in total. The Morgan fingerprint density at radius 2 is 2.19 bits per heavy atom. The van der Waals surface area contributed by atoms with E-state index in [1.54, 1.807) is 11.8 Å². The fourth-order valence-electron chi connectivity index (χ4n) is 2.56. The van der Waals surface area contributed by atoms with Crippen molar-refractivity contribution in [1.29, 1.82) is 0 Å². The lowest BCUT2D eigenvalue weighted by atomic mass is 10.1. The average molecular weight is 316 g/mol. The van der Waals surface area contributed by atoms with E-state index in [0.717, 1.165) is 30.9 Å². The predicted molar refractivity (Wildman–Crippen MR) is 86.7 cm³/mol. The highest BCUT2D eigenvalue weighted by atomic mass is 32.2. The van der Waals surface area contributed by atoms with Gasteiger partial charge in [-0.1, -0.05) is 26.2 Å². The molecule has 2 unspecified atom stereocenters. The van der Waals surface area contributed by atoms with E-state index in [-0.39, 0.29) is 24.4 Å². The number of carboxylic acids is 1. The third kappa shape index (κ3) is 7.71. The Bertz CT molecular complexity index is 339. The molecule has 21 heavy (non-hydrogen) atoms. The molecule has 0 aliphatic carbocycles. The molecule has 1 aliphatic heterocycles. The van der Waals surface area contributed by atoms with Gasteiger partial charge in [0.25, 0.3) is 0 Å². The van der Waals surface area contributed by atoms with Crippen LogP contribution in [0.15, 0.2) is 0 Å². The molecule has 122 valence electrons. The Morgan fingerprint density at radius 1 is 1.43 bits per heavy atom. The number of rotatable bonds is 9. The molecular weight excluding hydrogens is 288 g/mol. The second kappa shape index (κ2) is 10.1. The van der Waals surface area contributed by atoms with Crippen molar-refractivity contribution in [3.63, 3.8) is 0 Å². The first-order valence-corrected chi connectivity index (χ1v) is 9.01. The Morgan fingerprint density at radius 3 is 2.86 bits per heavy atom. The van der Waals surface area contributed by atoms with Crippen molar-refractivity contribution in [2.75, 3.05) is 24.6 Å².